The third kappa shape index (κ3) is 2.21. The average Bonchev–Trinajstić information content (AvgIpc) is 2.70. The third-order valence-corrected chi connectivity index (χ3v) is 2.65. The zero-order chi connectivity index (χ0) is 12.3. The van der Waals surface area contributed by atoms with Crippen LogP contribution in [0.1, 0.15) is 19.3 Å². The van der Waals surface area contributed by atoms with Crippen LogP contribution in [0.4, 0.5) is 0 Å². The number of carbonyl (C=O) groups is 3. The highest BCUT2D eigenvalue weighted by molar-refractivity contribution is 6.07. The van der Waals surface area contributed by atoms with Gasteiger partial charge in [-0.25, -0.2) is 0 Å². The molecule has 2 saturated heterocycles. The van der Waals surface area contributed by atoms with Gasteiger partial charge in [0.1, 0.15) is 0 Å². The van der Waals surface area contributed by atoms with E-state index in [1.165, 1.54) is 0 Å². The molecule has 2 amide bonds. The van der Waals surface area contributed by atoms with Gasteiger partial charge in [-0.15, -0.1) is 0 Å². The number of nitrogens with two attached hydrogens (primary N) is 1. The first-order valence-corrected chi connectivity index (χ1v) is 5.33. The van der Waals surface area contributed by atoms with Crippen molar-refractivity contribution < 1.29 is 24.8 Å². The molecule has 6 nitrogen and oxygen atoms in total. The van der Waals surface area contributed by atoms with Gasteiger partial charge in [0.25, 0.3) is 0 Å². The largest absolute Gasteiger partial charge is 0.549 e. The third-order valence-electron chi connectivity index (χ3n) is 2.65. The Morgan fingerprint density at radius 1 is 1.44 bits per heavy atom. The van der Waals surface area contributed by atoms with E-state index in [9.17, 15) is 19.5 Å². The van der Waals surface area contributed by atoms with Crippen molar-refractivity contribution in [3.63, 3.8) is 0 Å². The second-order valence-electron chi connectivity index (χ2n) is 3.98. The van der Waals surface area contributed by atoms with E-state index in [2.05, 4.69) is 0 Å². The van der Waals surface area contributed by atoms with Crippen molar-refractivity contribution in [2.24, 2.45) is 5.92 Å². The van der Waals surface area contributed by atoms with Crippen LogP contribution in [-0.4, -0.2) is 42.8 Å². The van der Waals surface area contributed by atoms with Crippen LogP contribution in [0.15, 0.2) is 0 Å². The van der Waals surface area contributed by atoms with Gasteiger partial charge in [0, 0.05) is 12.5 Å². The molecule has 0 aromatic heterocycles. The van der Waals surface area contributed by atoms with Crippen LogP contribution in [0.25, 0.3) is 0 Å². The summed E-state index contributed by atoms with van der Waals surface area (Å²) in [5, 5.41) is 12.5. The summed E-state index contributed by atoms with van der Waals surface area (Å²) in [6.45, 7) is 0. The van der Waals surface area contributed by atoms with Crippen molar-refractivity contribution in [3.8, 4) is 0 Å². The number of aliphatic carboxylic acids is 1. The molecule has 0 saturated carbocycles. The van der Waals surface area contributed by atoms with Crippen molar-refractivity contribution in [2.75, 3.05) is 14.1 Å². The van der Waals surface area contributed by atoms with Gasteiger partial charge < -0.3 is 15.2 Å². The molecule has 0 bridgehead atoms. The quantitative estimate of drug-likeness (QED) is 0.384. The molecule has 0 aromatic carbocycles. The topological polar surface area (TPSA) is 94.1 Å². The maximum absolute atomic E-state index is 11.3. The number of fused-ring (bicyclic) bond motifs is 1. The van der Waals surface area contributed by atoms with E-state index in [4.69, 9.17) is 0 Å². The molecule has 6 heteroatoms. The zero-order valence-corrected chi connectivity index (χ0v) is 9.43. The lowest BCUT2D eigenvalue weighted by Crippen LogP contribution is -2.74. The van der Waals surface area contributed by atoms with E-state index in [0.717, 1.165) is 4.90 Å². The molecule has 2 N–H and O–H groups in total. The van der Waals surface area contributed by atoms with E-state index in [-0.39, 0.29) is 18.4 Å². The Labute approximate surface area is 93.6 Å². The Bertz CT molecular complexity index is 316. The average molecular weight is 228 g/mol. The number of rotatable bonds is 1. The van der Waals surface area contributed by atoms with Crippen LogP contribution in [0, 0.1) is 5.92 Å². The normalized spacial score (nSPS) is 27.5. The van der Waals surface area contributed by atoms with E-state index in [0.29, 0.717) is 12.8 Å². The highest BCUT2D eigenvalue weighted by Crippen LogP contribution is 2.32. The standard InChI is InChI=1S/C8H9NO4.C2H7N/c10-6-2-1-4-3-5(8(12)13)7(11)9(4)6;1-3-2/h4-5H,1-3H2,(H,12,13);3H,1-2H3. The molecule has 90 valence electrons. The SMILES string of the molecule is C[NH2+]C.O=C([O-])C1CC2CCC(=O)N2C1=O. The summed E-state index contributed by atoms with van der Waals surface area (Å²) >= 11 is 0. The first-order valence-electron chi connectivity index (χ1n) is 5.33. The van der Waals surface area contributed by atoms with Gasteiger partial charge >= 0.3 is 0 Å². The van der Waals surface area contributed by atoms with E-state index >= 15 is 0 Å². The fraction of sp³-hybridized carbons (Fsp3) is 0.700. The maximum Gasteiger partial charge on any atom is 0.238 e. The molecule has 2 fully saturated rings. The highest BCUT2D eigenvalue weighted by atomic mass is 16.4. The van der Waals surface area contributed by atoms with E-state index in [1.54, 1.807) is 0 Å². The predicted molar refractivity (Wildman–Crippen MR) is 51.8 cm³/mol. The first kappa shape index (κ1) is 12.6. The van der Waals surface area contributed by atoms with Crippen LogP contribution in [0.5, 0.6) is 0 Å². The summed E-state index contributed by atoms with van der Waals surface area (Å²) in [5.41, 5.74) is 0. The fourth-order valence-corrected chi connectivity index (χ4v) is 2.01. The molecule has 2 heterocycles. The van der Waals surface area contributed by atoms with Crippen LogP contribution in [0.2, 0.25) is 0 Å². The van der Waals surface area contributed by atoms with Gasteiger partial charge in [-0.3, -0.25) is 14.5 Å². The van der Waals surface area contributed by atoms with Crippen molar-refractivity contribution in [1.29, 1.82) is 0 Å². The van der Waals surface area contributed by atoms with Gasteiger partial charge in [-0.1, -0.05) is 0 Å². The summed E-state index contributed by atoms with van der Waals surface area (Å²) < 4.78 is 0. The monoisotopic (exact) mass is 228 g/mol. The van der Waals surface area contributed by atoms with Crippen molar-refractivity contribution >= 4 is 17.8 Å². The Morgan fingerprint density at radius 2 is 2.00 bits per heavy atom. The minimum atomic E-state index is -1.37. The summed E-state index contributed by atoms with van der Waals surface area (Å²) in [6.07, 6.45) is 1.18. The minimum Gasteiger partial charge on any atom is -0.549 e. The highest BCUT2D eigenvalue weighted by Gasteiger charge is 2.46. The lowest BCUT2D eigenvalue weighted by Gasteiger charge is -2.12. The number of carboxylic acids is 1. The molecule has 0 spiro atoms. The molecular formula is C10H16N2O4. The lowest BCUT2D eigenvalue weighted by molar-refractivity contribution is -0.597. The Balaban J connectivity index is 0.000000386. The molecule has 2 unspecified atom stereocenters. The molecule has 2 rings (SSSR count). The summed E-state index contributed by atoms with van der Waals surface area (Å²) in [7, 11) is 4.00. The Morgan fingerprint density at radius 3 is 2.44 bits per heavy atom. The second-order valence-corrected chi connectivity index (χ2v) is 3.98. The number of hydrogen-bond donors (Lipinski definition) is 1. The number of nitrogens with zero attached hydrogens (tertiary/aromatic N) is 1. The van der Waals surface area contributed by atoms with Crippen molar-refractivity contribution in [2.45, 2.75) is 25.3 Å². The smallest absolute Gasteiger partial charge is 0.238 e. The van der Waals surface area contributed by atoms with Gasteiger partial charge in [0.15, 0.2) is 0 Å². The van der Waals surface area contributed by atoms with E-state index in [1.807, 2.05) is 19.4 Å². The van der Waals surface area contributed by atoms with Crippen LogP contribution >= 0.6 is 0 Å². The molecule has 0 radical (unpaired) electrons. The summed E-state index contributed by atoms with van der Waals surface area (Å²) in [4.78, 5) is 34.0. The van der Waals surface area contributed by atoms with Crippen molar-refractivity contribution in [3.05, 3.63) is 0 Å². The number of carboxylic acid groups (broad SMARTS) is 1. The Kier molecular flexibility index (Phi) is 4.00. The van der Waals surface area contributed by atoms with Gasteiger partial charge in [-0.2, -0.15) is 0 Å². The van der Waals surface area contributed by atoms with Gasteiger partial charge in [0.2, 0.25) is 11.8 Å². The fourth-order valence-electron chi connectivity index (χ4n) is 2.01. The van der Waals surface area contributed by atoms with Crippen LogP contribution < -0.4 is 10.4 Å². The summed E-state index contributed by atoms with van der Waals surface area (Å²) in [6, 6.07) is -0.192. The number of quaternary nitrogens is 1. The second kappa shape index (κ2) is 5.07. The van der Waals surface area contributed by atoms with Crippen molar-refractivity contribution in [1.82, 2.24) is 4.90 Å². The first-order chi connectivity index (χ1) is 7.52. The van der Waals surface area contributed by atoms with Gasteiger partial charge in [-0.05, 0) is 12.8 Å². The molecule has 16 heavy (non-hydrogen) atoms. The zero-order valence-electron chi connectivity index (χ0n) is 9.43. The molecule has 0 aliphatic carbocycles. The predicted octanol–water partition coefficient (Wildman–Crippen LogP) is -2.92. The molecule has 2 aliphatic heterocycles. The van der Waals surface area contributed by atoms with Crippen LogP contribution in [-0.2, 0) is 14.4 Å². The van der Waals surface area contributed by atoms with Crippen LogP contribution in [0.3, 0.4) is 0 Å². The molecule has 2 aliphatic rings. The number of carbonyl (C=O) groups excluding carboxylic acids is 3. The summed E-state index contributed by atoms with van der Waals surface area (Å²) in [5.74, 6) is -3.31. The maximum atomic E-state index is 11.3. The molecular weight excluding hydrogens is 212 g/mol. The number of imide groups is 1. The lowest BCUT2D eigenvalue weighted by atomic mass is 10.0. The minimum absolute atomic E-state index is 0.192. The molecule has 2 atom stereocenters. The Hall–Kier alpha value is -1.43. The number of hydrogen-bond acceptors (Lipinski definition) is 4. The number of amides is 2. The van der Waals surface area contributed by atoms with Gasteiger partial charge in [0.05, 0.1) is 26.0 Å². The molecule has 0 aromatic rings. The van der Waals surface area contributed by atoms with E-state index < -0.39 is 17.8 Å².